The first-order valence-corrected chi connectivity index (χ1v) is 9.05. The SMILES string of the molecule is CC(C)C(O)C(C)(C)CNC(=O)C(=O)N1CC2(CC2)c2ccccc21. The normalized spacial score (nSPS) is 19.0. The van der Waals surface area contributed by atoms with E-state index < -0.39 is 23.3 Å². The number of amides is 2. The van der Waals surface area contributed by atoms with Gasteiger partial charge in [0.1, 0.15) is 0 Å². The average molecular weight is 344 g/mol. The Bertz CT molecular complexity index is 692. The number of nitrogens with zero attached hydrogens (tertiary/aromatic N) is 1. The molecule has 1 aromatic carbocycles. The quantitative estimate of drug-likeness (QED) is 0.823. The summed E-state index contributed by atoms with van der Waals surface area (Å²) >= 11 is 0. The highest BCUT2D eigenvalue weighted by molar-refractivity contribution is 6.40. The molecule has 0 radical (unpaired) electrons. The molecule has 5 heteroatoms. The minimum absolute atomic E-state index is 0.0691. The van der Waals surface area contributed by atoms with Crippen molar-refractivity contribution in [3.8, 4) is 0 Å². The third kappa shape index (κ3) is 3.17. The minimum atomic E-state index is -0.600. The molecule has 5 nitrogen and oxygen atoms in total. The molecule has 2 aliphatic rings. The second kappa shape index (κ2) is 6.13. The molecule has 1 heterocycles. The first-order valence-electron chi connectivity index (χ1n) is 9.05. The number of anilines is 1. The van der Waals surface area contributed by atoms with E-state index in [9.17, 15) is 14.7 Å². The van der Waals surface area contributed by atoms with Gasteiger partial charge in [-0.1, -0.05) is 45.9 Å². The van der Waals surface area contributed by atoms with E-state index in [4.69, 9.17) is 0 Å². The summed E-state index contributed by atoms with van der Waals surface area (Å²) < 4.78 is 0. The zero-order valence-corrected chi connectivity index (χ0v) is 15.5. The van der Waals surface area contributed by atoms with Crippen LogP contribution in [-0.4, -0.2) is 36.1 Å². The van der Waals surface area contributed by atoms with E-state index >= 15 is 0 Å². The van der Waals surface area contributed by atoms with Gasteiger partial charge in [0, 0.05) is 29.6 Å². The lowest BCUT2D eigenvalue weighted by Crippen LogP contribution is -2.48. The van der Waals surface area contributed by atoms with Gasteiger partial charge >= 0.3 is 11.8 Å². The number of fused-ring (bicyclic) bond motifs is 2. The number of hydrogen-bond acceptors (Lipinski definition) is 3. The highest BCUT2D eigenvalue weighted by Crippen LogP contribution is 2.56. The van der Waals surface area contributed by atoms with Crippen LogP contribution in [0.4, 0.5) is 5.69 Å². The summed E-state index contributed by atoms with van der Waals surface area (Å²) in [7, 11) is 0. The van der Waals surface area contributed by atoms with Gasteiger partial charge in [0.25, 0.3) is 0 Å². The largest absolute Gasteiger partial charge is 0.392 e. The van der Waals surface area contributed by atoms with Gasteiger partial charge in [-0.05, 0) is 30.4 Å². The Morgan fingerprint density at radius 1 is 1.28 bits per heavy atom. The molecular weight excluding hydrogens is 316 g/mol. The van der Waals surface area contributed by atoms with E-state index in [0.29, 0.717) is 6.54 Å². The molecule has 1 atom stereocenters. The van der Waals surface area contributed by atoms with E-state index in [1.54, 1.807) is 4.90 Å². The fraction of sp³-hybridized carbons (Fsp3) is 0.600. The number of para-hydroxylation sites is 1. The zero-order chi connectivity index (χ0) is 18.4. The number of rotatable bonds is 4. The summed E-state index contributed by atoms with van der Waals surface area (Å²) in [4.78, 5) is 26.7. The summed E-state index contributed by atoms with van der Waals surface area (Å²) in [5, 5.41) is 13.0. The molecule has 25 heavy (non-hydrogen) atoms. The van der Waals surface area contributed by atoms with Crippen molar-refractivity contribution in [2.24, 2.45) is 11.3 Å². The van der Waals surface area contributed by atoms with Gasteiger partial charge < -0.3 is 15.3 Å². The molecule has 0 aromatic heterocycles. The van der Waals surface area contributed by atoms with Crippen molar-refractivity contribution in [2.45, 2.75) is 52.1 Å². The standard InChI is InChI=1S/C20H28N2O3/c1-13(2)16(23)19(3,4)11-21-17(24)18(25)22-12-20(9-10-20)14-7-5-6-8-15(14)22/h5-8,13,16,23H,9-12H2,1-4H3,(H,21,24). The fourth-order valence-corrected chi connectivity index (χ4v) is 3.90. The lowest BCUT2D eigenvalue weighted by Gasteiger charge is -2.33. The molecule has 136 valence electrons. The number of hydrogen-bond donors (Lipinski definition) is 2. The Labute approximate surface area is 149 Å². The van der Waals surface area contributed by atoms with Crippen LogP contribution in [0.25, 0.3) is 0 Å². The zero-order valence-electron chi connectivity index (χ0n) is 15.5. The summed E-state index contributed by atoms with van der Waals surface area (Å²) in [6, 6.07) is 7.87. The molecule has 1 fully saturated rings. The predicted octanol–water partition coefficient (Wildman–Crippen LogP) is 2.22. The highest BCUT2D eigenvalue weighted by atomic mass is 16.3. The minimum Gasteiger partial charge on any atom is -0.392 e. The Morgan fingerprint density at radius 3 is 2.52 bits per heavy atom. The third-order valence-corrected chi connectivity index (χ3v) is 5.66. The van der Waals surface area contributed by atoms with Crippen LogP contribution in [0.5, 0.6) is 0 Å². The van der Waals surface area contributed by atoms with Crippen LogP contribution < -0.4 is 10.2 Å². The lowest BCUT2D eigenvalue weighted by molar-refractivity contribution is -0.138. The van der Waals surface area contributed by atoms with Crippen LogP contribution in [0.15, 0.2) is 24.3 Å². The smallest absolute Gasteiger partial charge is 0.316 e. The van der Waals surface area contributed by atoms with Crippen molar-refractivity contribution >= 4 is 17.5 Å². The Morgan fingerprint density at radius 2 is 1.92 bits per heavy atom. The monoisotopic (exact) mass is 344 g/mol. The van der Waals surface area contributed by atoms with Gasteiger partial charge in [-0.2, -0.15) is 0 Å². The van der Waals surface area contributed by atoms with E-state index in [2.05, 4.69) is 11.4 Å². The number of nitrogens with one attached hydrogen (secondary N) is 1. The molecule has 0 saturated heterocycles. The maximum Gasteiger partial charge on any atom is 0.316 e. The van der Waals surface area contributed by atoms with E-state index in [1.807, 2.05) is 45.9 Å². The molecular formula is C20H28N2O3. The molecule has 2 amide bonds. The van der Waals surface area contributed by atoms with Crippen molar-refractivity contribution in [3.63, 3.8) is 0 Å². The topological polar surface area (TPSA) is 69.6 Å². The molecule has 0 bridgehead atoms. The van der Waals surface area contributed by atoms with Gasteiger partial charge in [0.05, 0.1) is 6.10 Å². The Hall–Kier alpha value is -1.88. The van der Waals surface area contributed by atoms with Crippen molar-refractivity contribution in [3.05, 3.63) is 29.8 Å². The van der Waals surface area contributed by atoms with Gasteiger partial charge in [-0.15, -0.1) is 0 Å². The van der Waals surface area contributed by atoms with Crippen LogP contribution in [0, 0.1) is 11.3 Å². The fourth-order valence-electron chi connectivity index (χ4n) is 3.90. The van der Waals surface area contributed by atoms with Crippen LogP contribution in [0.2, 0.25) is 0 Å². The Balaban J connectivity index is 1.67. The van der Waals surface area contributed by atoms with Gasteiger partial charge in [0.15, 0.2) is 0 Å². The van der Waals surface area contributed by atoms with Crippen molar-refractivity contribution < 1.29 is 14.7 Å². The number of aliphatic hydroxyl groups is 1. The van der Waals surface area contributed by atoms with E-state index in [1.165, 1.54) is 5.56 Å². The lowest BCUT2D eigenvalue weighted by atomic mass is 9.81. The van der Waals surface area contributed by atoms with Crippen LogP contribution in [0.3, 0.4) is 0 Å². The first-order chi connectivity index (χ1) is 11.7. The molecule has 1 spiro atoms. The van der Waals surface area contributed by atoms with Crippen LogP contribution in [-0.2, 0) is 15.0 Å². The summed E-state index contributed by atoms with van der Waals surface area (Å²) in [6.07, 6.45) is 1.59. The first kappa shape index (κ1) is 17.9. The highest BCUT2D eigenvalue weighted by Gasteiger charge is 2.53. The van der Waals surface area contributed by atoms with Gasteiger partial charge in [-0.25, -0.2) is 0 Å². The summed E-state index contributed by atoms with van der Waals surface area (Å²) in [6.45, 7) is 8.53. The van der Waals surface area contributed by atoms with E-state index in [-0.39, 0.29) is 17.9 Å². The molecule has 1 aliphatic carbocycles. The van der Waals surface area contributed by atoms with Crippen molar-refractivity contribution in [1.82, 2.24) is 5.32 Å². The van der Waals surface area contributed by atoms with Gasteiger partial charge in [-0.3, -0.25) is 9.59 Å². The second-order valence-electron chi connectivity index (χ2n) is 8.55. The number of carbonyl (C=O) groups excluding carboxylic acids is 2. The summed E-state index contributed by atoms with van der Waals surface area (Å²) in [5.41, 5.74) is 1.62. The molecule has 2 N–H and O–H groups in total. The number of benzene rings is 1. The molecule has 1 aromatic rings. The maximum atomic E-state index is 12.7. The number of aliphatic hydroxyl groups excluding tert-OH is 1. The molecule has 1 saturated carbocycles. The van der Waals surface area contributed by atoms with Crippen LogP contribution >= 0.6 is 0 Å². The van der Waals surface area contributed by atoms with Crippen molar-refractivity contribution in [2.75, 3.05) is 18.0 Å². The third-order valence-electron chi connectivity index (χ3n) is 5.66. The van der Waals surface area contributed by atoms with Crippen LogP contribution in [0.1, 0.15) is 46.1 Å². The molecule has 1 unspecified atom stereocenters. The average Bonchev–Trinajstić information content (AvgIpc) is 3.29. The second-order valence-corrected chi connectivity index (χ2v) is 8.55. The predicted molar refractivity (Wildman–Crippen MR) is 97.3 cm³/mol. The number of carbonyl (C=O) groups is 2. The maximum absolute atomic E-state index is 12.7. The summed E-state index contributed by atoms with van der Waals surface area (Å²) in [5.74, 6) is -1.02. The van der Waals surface area contributed by atoms with Crippen molar-refractivity contribution in [1.29, 1.82) is 0 Å². The molecule has 1 aliphatic heterocycles. The molecule has 3 rings (SSSR count). The van der Waals surface area contributed by atoms with E-state index in [0.717, 1.165) is 18.5 Å². The van der Waals surface area contributed by atoms with Gasteiger partial charge in [0.2, 0.25) is 0 Å². The Kier molecular flexibility index (Phi) is 4.40.